The van der Waals surface area contributed by atoms with Crippen molar-refractivity contribution in [2.45, 2.75) is 65.9 Å². The number of unbranched alkanes of at least 4 members (excludes halogenated alkanes) is 3. The first-order chi connectivity index (χ1) is 14.7. The number of aryl methyl sites for hydroxylation is 1. The van der Waals surface area contributed by atoms with Gasteiger partial charge in [-0.1, -0.05) is 37.2 Å². The van der Waals surface area contributed by atoms with E-state index in [0.29, 0.717) is 6.61 Å². The number of hydrogen-bond donors (Lipinski definition) is 1. The number of amides is 1. The zero-order valence-electron chi connectivity index (χ0n) is 19.8. The fourth-order valence-corrected chi connectivity index (χ4v) is 3.65. The molecule has 1 aliphatic rings. The van der Waals surface area contributed by atoms with Crippen LogP contribution in [0, 0.1) is 6.92 Å². The van der Waals surface area contributed by atoms with Crippen molar-refractivity contribution < 1.29 is 14.3 Å². The van der Waals surface area contributed by atoms with E-state index < -0.39 is 5.60 Å². The molecular formula is C24H39N3O3S. The molecule has 0 radical (unpaired) electrons. The van der Waals surface area contributed by atoms with Crippen LogP contribution in [0.2, 0.25) is 0 Å². The summed E-state index contributed by atoms with van der Waals surface area (Å²) in [5.74, 6) is 0.868. The Bertz CT molecular complexity index is 725. The van der Waals surface area contributed by atoms with Crippen LogP contribution in [0.15, 0.2) is 18.2 Å². The van der Waals surface area contributed by atoms with E-state index in [0.717, 1.165) is 67.6 Å². The van der Waals surface area contributed by atoms with Crippen molar-refractivity contribution in [2.75, 3.05) is 44.6 Å². The van der Waals surface area contributed by atoms with Gasteiger partial charge in [-0.25, -0.2) is 4.79 Å². The van der Waals surface area contributed by atoms with Gasteiger partial charge < -0.3 is 19.7 Å². The van der Waals surface area contributed by atoms with E-state index in [1.807, 2.05) is 44.7 Å². The van der Waals surface area contributed by atoms with Gasteiger partial charge in [0, 0.05) is 26.2 Å². The lowest BCUT2D eigenvalue weighted by Gasteiger charge is -2.35. The maximum absolute atomic E-state index is 12.1. The van der Waals surface area contributed by atoms with Gasteiger partial charge in [-0.2, -0.15) is 0 Å². The summed E-state index contributed by atoms with van der Waals surface area (Å²) in [5.41, 5.74) is 1.67. The molecule has 1 aromatic rings. The number of nitrogens with zero attached hydrogens (tertiary/aromatic N) is 2. The average Bonchev–Trinajstić information content (AvgIpc) is 2.68. The largest absolute Gasteiger partial charge is 0.491 e. The van der Waals surface area contributed by atoms with Crippen LogP contribution in [-0.2, 0) is 4.74 Å². The maximum atomic E-state index is 12.1. The molecule has 0 unspecified atom stereocenters. The summed E-state index contributed by atoms with van der Waals surface area (Å²) in [4.78, 5) is 17.1. The molecule has 1 amide bonds. The van der Waals surface area contributed by atoms with E-state index in [1.54, 1.807) is 0 Å². The number of piperazine rings is 1. The summed E-state index contributed by atoms with van der Waals surface area (Å²) in [6, 6.07) is 6.06. The van der Waals surface area contributed by atoms with E-state index in [4.69, 9.17) is 21.7 Å². The number of ether oxygens (including phenoxy) is 2. The molecule has 0 aliphatic carbocycles. The van der Waals surface area contributed by atoms with Crippen LogP contribution < -0.4 is 10.1 Å². The minimum atomic E-state index is -0.432. The second-order valence-corrected chi connectivity index (χ2v) is 9.81. The van der Waals surface area contributed by atoms with E-state index in [9.17, 15) is 4.79 Å². The monoisotopic (exact) mass is 449 g/mol. The molecule has 0 saturated carbocycles. The van der Waals surface area contributed by atoms with Crippen molar-refractivity contribution in [3.63, 3.8) is 0 Å². The van der Waals surface area contributed by atoms with Crippen molar-refractivity contribution >= 4 is 29.0 Å². The molecule has 174 valence electrons. The number of hydrogen-bond acceptors (Lipinski definition) is 5. The quantitative estimate of drug-likeness (QED) is 0.411. The number of carbonyl (C=O) groups excluding carboxylic acids is 1. The van der Waals surface area contributed by atoms with E-state index in [-0.39, 0.29) is 6.09 Å². The van der Waals surface area contributed by atoms with Crippen LogP contribution in [0.5, 0.6) is 5.75 Å². The minimum absolute atomic E-state index is 0.195. The maximum Gasteiger partial charge on any atom is 0.410 e. The van der Waals surface area contributed by atoms with E-state index in [2.05, 4.69) is 23.2 Å². The topological polar surface area (TPSA) is 54.0 Å². The molecule has 0 atom stereocenters. The molecule has 1 aliphatic heterocycles. The summed E-state index contributed by atoms with van der Waals surface area (Å²) >= 11 is 5.18. The Morgan fingerprint density at radius 1 is 1.10 bits per heavy atom. The predicted octanol–water partition coefficient (Wildman–Crippen LogP) is 5.25. The van der Waals surface area contributed by atoms with E-state index >= 15 is 0 Å². The molecule has 1 heterocycles. The summed E-state index contributed by atoms with van der Waals surface area (Å²) in [6.45, 7) is 14.8. The van der Waals surface area contributed by atoms with Crippen LogP contribution in [0.25, 0.3) is 0 Å². The molecule has 0 aromatic heterocycles. The molecule has 7 heteroatoms. The zero-order valence-corrected chi connectivity index (χ0v) is 20.6. The Balaban J connectivity index is 1.57. The standard InChI is InChI=1S/C24H39N3O3S/c1-19-11-10-12-21(22(19)25-20(2)31)29-18-9-7-6-8-13-26-14-16-27(17-15-26)23(28)30-24(3,4)5/h10-12H,6-9,13-18H2,1-5H3,(H,25,31). The zero-order chi connectivity index (χ0) is 22.9. The van der Waals surface area contributed by atoms with Crippen molar-refractivity contribution in [2.24, 2.45) is 0 Å². The summed E-state index contributed by atoms with van der Waals surface area (Å²) in [5, 5.41) is 3.23. The fourth-order valence-electron chi connectivity index (χ4n) is 3.55. The molecule has 6 nitrogen and oxygen atoms in total. The number of nitrogens with one attached hydrogen (secondary N) is 1. The summed E-state index contributed by atoms with van der Waals surface area (Å²) in [6.07, 6.45) is 4.36. The third-order valence-electron chi connectivity index (χ3n) is 5.19. The summed E-state index contributed by atoms with van der Waals surface area (Å²) < 4.78 is 11.5. The number of anilines is 1. The molecular weight excluding hydrogens is 410 g/mol. The van der Waals surface area contributed by atoms with Gasteiger partial charge in [0.25, 0.3) is 0 Å². The molecule has 0 spiro atoms. The van der Waals surface area contributed by atoms with Crippen molar-refractivity contribution in [1.29, 1.82) is 0 Å². The Hall–Kier alpha value is -1.86. The first kappa shape index (κ1) is 25.4. The minimum Gasteiger partial charge on any atom is -0.491 e. The smallest absolute Gasteiger partial charge is 0.410 e. The Labute approximate surface area is 193 Å². The van der Waals surface area contributed by atoms with Crippen LogP contribution in [0.1, 0.15) is 58.9 Å². The predicted molar refractivity (Wildman–Crippen MR) is 131 cm³/mol. The molecule has 1 fully saturated rings. The van der Waals surface area contributed by atoms with Gasteiger partial charge in [-0.3, -0.25) is 4.90 Å². The lowest BCUT2D eigenvalue weighted by molar-refractivity contribution is 0.0144. The van der Waals surface area contributed by atoms with Crippen LogP contribution in [0.3, 0.4) is 0 Å². The van der Waals surface area contributed by atoms with Gasteiger partial charge >= 0.3 is 6.09 Å². The molecule has 1 aromatic carbocycles. The Kier molecular flexibility index (Phi) is 10.0. The number of benzene rings is 1. The highest BCUT2D eigenvalue weighted by molar-refractivity contribution is 7.80. The van der Waals surface area contributed by atoms with Crippen LogP contribution >= 0.6 is 12.2 Å². The normalized spacial score (nSPS) is 14.9. The van der Waals surface area contributed by atoms with Crippen LogP contribution in [-0.4, -0.2) is 65.8 Å². The second-order valence-electron chi connectivity index (χ2n) is 9.20. The fraction of sp³-hybridized carbons (Fsp3) is 0.667. The molecule has 0 bridgehead atoms. The SMILES string of the molecule is CC(=S)Nc1c(C)cccc1OCCCCCCN1CCN(C(=O)OC(C)(C)C)CC1. The van der Waals surface area contributed by atoms with Gasteiger partial charge in [-0.15, -0.1) is 0 Å². The molecule has 1 saturated heterocycles. The van der Waals surface area contributed by atoms with Gasteiger partial charge in [0.2, 0.25) is 0 Å². The van der Waals surface area contributed by atoms with Crippen molar-refractivity contribution in [3.05, 3.63) is 23.8 Å². The van der Waals surface area contributed by atoms with Gasteiger partial charge in [0.05, 0.1) is 17.3 Å². The van der Waals surface area contributed by atoms with Crippen molar-refractivity contribution in [1.82, 2.24) is 9.80 Å². The average molecular weight is 450 g/mol. The Morgan fingerprint density at radius 2 is 1.77 bits per heavy atom. The summed E-state index contributed by atoms with van der Waals surface area (Å²) in [7, 11) is 0. The van der Waals surface area contributed by atoms with E-state index in [1.165, 1.54) is 12.8 Å². The lowest BCUT2D eigenvalue weighted by Crippen LogP contribution is -2.50. The van der Waals surface area contributed by atoms with Gasteiger partial charge in [0.15, 0.2) is 0 Å². The third-order valence-corrected chi connectivity index (χ3v) is 5.29. The number of para-hydroxylation sites is 1. The first-order valence-corrected chi connectivity index (χ1v) is 11.8. The molecule has 1 N–H and O–H groups in total. The highest BCUT2D eigenvalue weighted by Crippen LogP contribution is 2.28. The highest BCUT2D eigenvalue weighted by atomic mass is 32.1. The number of thiocarbonyl (C=S) groups is 1. The number of rotatable bonds is 9. The Morgan fingerprint density at radius 3 is 2.42 bits per heavy atom. The van der Waals surface area contributed by atoms with Crippen LogP contribution in [0.4, 0.5) is 10.5 Å². The highest BCUT2D eigenvalue weighted by Gasteiger charge is 2.25. The second kappa shape index (κ2) is 12.2. The third kappa shape index (κ3) is 9.44. The van der Waals surface area contributed by atoms with Gasteiger partial charge in [0.1, 0.15) is 11.4 Å². The first-order valence-electron chi connectivity index (χ1n) is 11.4. The van der Waals surface area contributed by atoms with Crippen molar-refractivity contribution in [3.8, 4) is 5.75 Å². The lowest BCUT2D eigenvalue weighted by atomic mass is 10.1. The molecule has 2 rings (SSSR count). The molecule has 31 heavy (non-hydrogen) atoms. The number of carbonyl (C=O) groups is 1. The van der Waals surface area contributed by atoms with Gasteiger partial charge in [-0.05, 0) is 65.6 Å².